The van der Waals surface area contributed by atoms with Crippen LogP contribution in [0.25, 0.3) is 11.1 Å². The van der Waals surface area contributed by atoms with Gasteiger partial charge in [0.05, 0.1) is 12.6 Å². The largest absolute Gasteiger partial charge is 0.490 e. The first-order chi connectivity index (χ1) is 13.9. The molecule has 0 aromatic heterocycles. The molecule has 3 rings (SSSR count). The van der Waals surface area contributed by atoms with Crippen LogP contribution >= 0.6 is 0 Å². The van der Waals surface area contributed by atoms with Gasteiger partial charge >= 0.3 is 5.97 Å². The zero-order chi connectivity index (χ0) is 20.8. The monoisotopic (exact) mass is 399 g/mol. The van der Waals surface area contributed by atoms with Gasteiger partial charge in [-0.15, -0.1) is 0 Å². The average Bonchev–Trinajstić information content (AvgIpc) is 2.70. The van der Waals surface area contributed by atoms with Crippen molar-refractivity contribution in [3.63, 3.8) is 0 Å². The van der Waals surface area contributed by atoms with Crippen LogP contribution in [0.1, 0.15) is 45.1 Å². The van der Waals surface area contributed by atoms with Crippen LogP contribution in [0.4, 0.5) is 4.39 Å². The maximum Gasteiger partial charge on any atom is 0.317 e. The predicted octanol–water partition coefficient (Wildman–Crippen LogP) is 5.26. The second-order valence-corrected chi connectivity index (χ2v) is 8.20. The minimum absolute atomic E-state index is 0.173. The minimum atomic E-state index is -0.963. The van der Waals surface area contributed by atoms with Gasteiger partial charge in [-0.3, -0.25) is 4.79 Å². The molecule has 5 heteroatoms. The van der Waals surface area contributed by atoms with Crippen LogP contribution in [0.15, 0.2) is 42.5 Å². The molecule has 0 spiro atoms. The van der Waals surface area contributed by atoms with Crippen molar-refractivity contribution >= 4 is 5.97 Å². The van der Waals surface area contributed by atoms with E-state index in [-0.39, 0.29) is 25.0 Å². The van der Waals surface area contributed by atoms with Gasteiger partial charge in [0, 0.05) is 17.7 Å². The molecule has 4 nitrogen and oxygen atoms in total. The summed E-state index contributed by atoms with van der Waals surface area (Å²) in [6, 6.07) is 12.7. The molecule has 0 heterocycles. The molecule has 0 saturated heterocycles. The SMILES string of the molecule is CC(C)[C@H]1CC[C@H](Oc2ccc(-c3cccc(CNCC(=O)O)c3F)cc2)CC1. The third-order valence-corrected chi connectivity index (χ3v) is 5.80. The van der Waals surface area contributed by atoms with E-state index < -0.39 is 5.97 Å². The summed E-state index contributed by atoms with van der Waals surface area (Å²) in [5.74, 6) is 1.07. The van der Waals surface area contributed by atoms with E-state index in [2.05, 4.69) is 19.2 Å². The second kappa shape index (κ2) is 9.88. The molecule has 1 aliphatic rings. The molecule has 0 aliphatic heterocycles. The Balaban J connectivity index is 1.62. The lowest BCUT2D eigenvalue weighted by Gasteiger charge is -2.31. The van der Waals surface area contributed by atoms with Crippen molar-refractivity contribution < 1.29 is 19.0 Å². The highest BCUT2D eigenvalue weighted by Crippen LogP contribution is 2.33. The number of nitrogens with one attached hydrogen (secondary N) is 1. The fourth-order valence-electron chi connectivity index (χ4n) is 4.02. The quantitative estimate of drug-likeness (QED) is 0.636. The molecule has 0 amide bonds. The van der Waals surface area contributed by atoms with Crippen molar-refractivity contribution in [1.82, 2.24) is 5.32 Å². The summed E-state index contributed by atoms with van der Waals surface area (Å²) < 4.78 is 21.0. The van der Waals surface area contributed by atoms with Crippen LogP contribution < -0.4 is 10.1 Å². The van der Waals surface area contributed by atoms with Gasteiger partial charge in [0.15, 0.2) is 0 Å². The second-order valence-electron chi connectivity index (χ2n) is 8.20. The number of carbonyl (C=O) groups is 1. The van der Waals surface area contributed by atoms with Crippen LogP contribution in [0.5, 0.6) is 5.75 Å². The van der Waals surface area contributed by atoms with Crippen molar-refractivity contribution in [3.05, 3.63) is 53.8 Å². The molecular weight excluding hydrogens is 369 g/mol. The molecular formula is C24H30FNO3. The van der Waals surface area contributed by atoms with Gasteiger partial charge in [-0.1, -0.05) is 44.2 Å². The van der Waals surface area contributed by atoms with Crippen LogP contribution in [0.3, 0.4) is 0 Å². The van der Waals surface area contributed by atoms with E-state index in [1.807, 2.05) is 24.3 Å². The Morgan fingerprint density at radius 2 is 1.83 bits per heavy atom. The topological polar surface area (TPSA) is 58.6 Å². The maximum absolute atomic E-state index is 14.8. The van der Waals surface area contributed by atoms with E-state index in [4.69, 9.17) is 9.84 Å². The smallest absolute Gasteiger partial charge is 0.317 e. The molecule has 29 heavy (non-hydrogen) atoms. The zero-order valence-corrected chi connectivity index (χ0v) is 17.2. The summed E-state index contributed by atoms with van der Waals surface area (Å²) >= 11 is 0. The predicted molar refractivity (Wildman–Crippen MR) is 112 cm³/mol. The number of halogens is 1. The number of carboxylic acids is 1. The maximum atomic E-state index is 14.8. The van der Waals surface area contributed by atoms with Crippen LogP contribution in [-0.2, 0) is 11.3 Å². The fourth-order valence-corrected chi connectivity index (χ4v) is 4.02. The zero-order valence-electron chi connectivity index (χ0n) is 17.2. The summed E-state index contributed by atoms with van der Waals surface area (Å²) in [7, 11) is 0. The van der Waals surface area contributed by atoms with Gasteiger partial charge in [-0.05, 0) is 55.2 Å². The molecule has 0 unspecified atom stereocenters. The van der Waals surface area contributed by atoms with Crippen molar-refractivity contribution in [1.29, 1.82) is 0 Å². The molecule has 156 valence electrons. The van der Waals surface area contributed by atoms with Gasteiger partial charge < -0.3 is 15.2 Å². The first-order valence-electron chi connectivity index (χ1n) is 10.4. The average molecular weight is 400 g/mol. The normalized spacial score (nSPS) is 19.3. The molecule has 1 saturated carbocycles. The summed E-state index contributed by atoms with van der Waals surface area (Å²) in [6.45, 7) is 4.56. The molecule has 1 fully saturated rings. The number of hydrogen-bond donors (Lipinski definition) is 2. The molecule has 2 aromatic carbocycles. The Hall–Kier alpha value is -2.40. The van der Waals surface area contributed by atoms with E-state index >= 15 is 0 Å². The lowest BCUT2D eigenvalue weighted by molar-refractivity contribution is -0.136. The molecule has 0 bridgehead atoms. The molecule has 2 aromatic rings. The van der Waals surface area contributed by atoms with E-state index in [0.717, 1.165) is 36.0 Å². The molecule has 2 N–H and O–H groups in total. The lowest BCUT2D eigenvalue weighted by atomic mass is 9.80. The fraction of sp³-hybridized carbons (Fsp3) is 0.458. The number of rotatable bonds is 8. The number of benzene rings is 2. The number of ether oxygens (including phenoxy) is 1. The van der Waals surface area contributed by atoms with E-state index in [1.165, 1.54) is 12.8 Å². The van der Waals surface area contributed by atoms with Gasteiger partial charge in [0.2, 0.25) is 0 Å². The van der Waals surface area contributed by atoms with Crippen molar-refractivity contribution in [2.24, 2.45) is 11.8 Å². The molecule has 0 atom stereocenters. The van der Waals surface area contributed by atoms with Gasteiger partial charge in [0.25, 0.3) is 0 Å². The van der Waals surface area contributed by atoms with Gasteiger partial charge in [-0.25, -0.2) is 4.39 Å². The summed E-state index contributed by atoms with van der Waals surface area (Å²) in [5, 5.41) is 11.4. The Bertz CT molecular complexity index is 811. The lowest BCUT2D eigenvalue weighted by Crippen LogP contribution is -2.26. The highest BCUT2D eigenvalue weighted by Gasteiger charge is 2.24. The van der Waals surface area contributed by atoms with Crippen LogP contribution in [0.2, 0.25) is 0 Å². The standard InChI is InChI=1S/C24H30FNO3/c1-16(2)17-6-10-20(11-7-17)29-21-12-8-18(9-13-21)22-5-3-4-19(24(22)25)14-26-15-23(27)28/h3-5,8-9,12-13,16-17,20,26H,6-7,10-11,14-15H2,1-2H3,(H,27,28)/t17-,20-. The van der Waals surface area contributed by atoms with Crippen LogP contribution in [-0.4, -0.2) is 23.7 Å². The summed E-state index contributed by atoms with van der Waals surface area (Å²) in [5.41, 5.74) is 1.73. The van der Waals surface area contributed by atoms with E-state index in [9.17, 15) is 9.18 Å². The molecule has 1 aliphatic carbocycles. The van der Waals surface area contributed by atoms with Gasteiger partial charge in [0.1, 0.15) is 11.6 Å². The van der Waals surface area contributed by atoms with E-state index in [1.54, 1.807) is 18.2 Å². The molecule has 0 radical (unpaired) electrons. The highest BCUT2D eigenvalue weighted by atomic mass is 19.1. The van der Waals surface area contributed by atoms with Crippen molar-refractivity contribution in [3.8, 4) is 16.9 Å². The first-order valence-corrected chi connectivity index (χ1v) is 10.4. The first kappa shape index (κ1) is 21.3. The summed E-state index contributed by atoms with van der Waals surface area (Å²) in [4.78, 5) is 10.6. The van der Waals surface area contributed by atoms with E-state index in [0.29, 0.717) is 11.1 Å². The van der Waals surface area contributed by atoms with Gasteiger partial charge in [-0.2, -0.15) is 0 Å². The number of carboxylic acid groups (broad SMARTS) is 1. The number of aliphatic carboxylic acids is 1. The third-order valence-electron chi connectivity index (χ3n) is 5.80. The highest BCUT2D eigenvalue weighted by molar-refractivity contribution is 5.69. The van der Waals surface area contributed by atoms with Crippen molar-refractivity contribution in [2.75, 3.05) is 6.54 Å². The number of hydrogen-bond acceptors (Lipinski definition) is 3. The Labute approximate surface area is 172 Å². The third kappa shape index (κ3) is 5.80. The summed E-state index contributed by atoms with van der Waals surface area (Å²) in [6.07, 6.45) is 4.87. The Kier molecular flexibility index (Phi) is 7.26. The van der Waals surface area contributed by atoms with Crippen LogP contribution in [0, 0.1) is 17.7 Å². The Morgan fingerprint density at radius 3 is 2.45 bits per heavy atom. The Morgan fingerprint density at radius 1 is 1.14 bits per heavy atom. The minimum Gasteiger partial charge on any atom is -0.490 e. The van der Waals surface area contributed by atoms with Crippen molar-refractivity contribution in [2.45, 2.75) is 52.2 Å².